The van der Waals surface area contributed by atoms with E-state index < -0.39 is 11.4 Å². The minimum Gasteiger partial charge on any atom is -0.463 e. The lowest BCUT2D eigenvalue weighted by atomic mass is 9.97. The van der Waals surface area contributed by atoms with Gasteiger partial charge in [-0.2, -0.15) is 5.26 Å². The lowest BCUT2D eigenvalue weighted by molar-refractivity contribution is -0.139. The molecule has 0 aromatic heterocycles. The van der Waals surface area contributed by atoms with Gasteiger partial charge in [0.2, 0.25) is 0 Å². The first-order chi connectivity index (χ1) is 6.70. The predicted molar refractivity (Wildman–Crippen MR) is 52.7 cm³/mol. The summed E-state index contributed by atoms with van der Waals surface area (Å²) in [5.41, 5.74) is -0.182. The second-order valence-electron chi connectivity index (χ2n) is 3.19. The van der Waals surface area contributed by atoms with E-state index in [2.05, 4.69) is 6.07 Å². The van der Waals surface area contributed by atoms with Crippen LogP contribution in [0.5, 0.6) is 0 Å². The third-order valence-corrected chi connectivity index (χ3v) is 2.41. The van der Waals surface area contributed by atoms with Crippen molar-refractivity contribution in [2.24, 2.45) is 5.41 Å². The van der Waals surface area contributed by atoms with Crippen LogP contribution in [0.1, 0.15) is 19.8 Å². The molecule has 76 valence electrons. The first-order valence-corrected chi connectivity index (χ1v) is 5.08. The van der Waals surface area contributed by atoms with Crippen LogP contribution < -0.4 is 0 Å². The summed E-state index contributed by atoms with van der Waals surface area (Å²) in [7, 11) is 0. The van der Waals surface area contributed by atoms with Gasteiger partial charge in [-0.25, -0.2) is 4.79 Å². The van der Waals surface area contributed by atoms with Crippen LogP contribution in [0.4, 0.5) is 0 Å². The van der Waals surface area contributed by atoms with Gasteiger partial charge in [-0.05, 0) is 19.8 Å². The third kappa shape index (κ3) is 2.08. The summed E-state index contributed by atoms with van der Waals surface area (Å²) in [5.74, 6) is -0.176. The van der Waals surface area contributed by atoms with Gasteiger partial charge >= 0.3 is 5.97 Å². The molecule has 0 radical (unpaired) electrons. The van der Waals surface area contributed by atoms with Crippen molar-refractivity contribution in [3.05, 3.63) is 11.6 Å². The summed E-state index contributed by atoms with van der Waals surface area (Å²) in [6.45, 7) is 2.06. The summed E-state index contributed by atoms with van der Waals surface area (Å²) in [5, 5.41) is 8.93. The maximum absolute atomic E-state index is 11.5. The molecule has 1 aliphatic rings. The van der Waals surface area contributed by atoms with Gasteiger partial charge < -0.3 is 4.74 Å². The highest BCUT2D eigenvalue weighted by Crippen LogP contribution is 2.51. The molecule has 1 rings (SSSR count). The summed E-state index contributed by atoms with van der Waals surface area (Å²) in [4.78, 5) is 11.5. The number of hydrogen-bond acceptors (Lipinski definition) is 3. The fourth-order valence-electron chi connectivity index (χ4n) is 1.33. The van der Waals surface area contributed by atoms with Crippen LogP contribution in [-0.4, -0.2) is 18.5 Å². The highest BCUT2D eigenvalue weighted by Gasteiger charge is 2.49. The van der Waals surface area contributed by atoms with E-state index in [1.165, 1.54) is 0 Å². The van der Waals surface area contributed by atoms with Crippen molar-refractivity contribution in [1.82, 2.24) is 0 Å². The van der Waals surface area contributed by atoms with Crippen LogP contribution in [-0.2, 0) is 9.53 Å². The van der Waals surface area contributed by atoms with Gasteiger partial charge in [-0.3, -0.25) is 0 Å². The topological polar surface area (TPSA) is 50.1 Å². The molecule has 0 aliphatic heterocycles. The molecule has 0 heterocycles. The molecule has 0 saturated heterocycles. The highest BCUT2D eigenvalue weighted by atomic mass is 35.5. The minimum absolute atomic E-state index is 0.234. The van der Waals surface area contributed by atoms with Gasteiger partial charge in [-0.1, -0.05) is 6.08 Å². The number of esters is 1. The third-order valence-electron chi connectivity index (χ3n) is 2.26. The monoisotopic (exact) mass is 213 g/mol. The van der Waals surface area contributed by atoms with Crippen molar-refractivity contribution in [2.75, 3.05) is 12.5 Å². The Bertz CT molecular complexity index is 300. The van der Waals surface area contributed by atoms with Crippen LogP contribution in [0, 0.1) is 16.7 Å². The van der Waals surface area contributed by atoms with Crippen LogP contribution in [0.3, 0.4) is 0 Å². The zero-order chi connectivity index (χ0) is 10.6. The van der Waals surface area contributed by atoms with Crippen LogP contribution in [0.2, 0.25) is 0 Å². The summed E-state index contributed by atoms with van der Waals surface area (Å²) < 4.78 is 4.87. The van der Waals surface area contributed by atoms with Crippen molar-refractivity contribution in [1.29, 1.82) is 5.26 Å². The molecule has 0 unspecified atom stereocenters. The number of allylic oxidation sites excluding steroid dienone is 1. The quantitative estimate of drug-likeness (QED) is 0.408. The normalized spacial score (nSPS) is 18.5. The Balaban J connectivity index is 2.82. The molecule has 0 atom stereocenters. The van der Waals surface area contributed by atoms with Crippen LogP contribution in [0.25, 0.3) is 0 Å². The van der Waals surface area contributed by atoms with Crippen molar-refractivity contribution < 1.29 is 9.53 Å². The molecule has 1 aliphatic carbocycles. The van der Waals surface area contributed by atoms with Crippen molar-refractivity contribution in [3.8, 4) is 6.07 Å². The predicted octanol–water partition coefficient (Wildman–Crippen LogP) is 2.02. The maximum Gasteiger partial charge on any atom is 0.335 e. The van der Waals surface area contributed by atoms with E-state index in [1.807, 2.05) is 0 Å². The Morgan fingerprint density at radius 2 is 2.36 bits per heavy atom. The number of halogens is 1. The minimum atomic E-state index is -0.610. The Labute approximate surface area is 88.3 Å². The van der Waals surface area contributed by atoms with E-state index in [9.17, 15) is 4.79 Å². The second-order valence-corrected chi connectivity index (χ2v) is 3.50. The van der Waals surface area contributed by atoms with Gasteiger partial charge in [0.25, 0.3) is 0 Å². The number of hydrogen-bond donors (Lipinski definition) is 0. The second kappa shape index (κ2) is 4.47. The van der Waals surface area contributed by atoms with E-state index in [4.69, 9.17) is 21.6 Å². The molecular formula is C10H12ClNO2. The molecule has 0 bridgehead atoms. The molecule has 0 aromatic carbocycles. The first kappa shape index (κ1) is 11.1. The fourth-order valence-corrected chi connectivity index (χ4v) is 1.48. The SMILES string of the molecule is CCOC(=O)/C(=C/CCl)C1(C#N)CC1. The number of nitriles is 1. The Hall–Kier alpha value is -1.01. The van der Waals surface area contributed by atoms with Crippen molar-refractivity contribution >= 4 is 17.6 Å². The average molecular weight is 214 g/mol. The zero-order valence-electron chi connectivity index (χ0n) is 8.05. The van der Waals surface area contributed by atoms with Gasteiger partial charge in [0, 0.05) is 5.88 Å². The van der Waals surface area contributed by atoms with Gasteiger partial charge in [0.05, 0.1) is 23.7 Å². The van der Waals surface area contributed by atoms with Gasteiger partial charge in [0.15, 0.2) is 0 Å². The molecular weight excluding hydrogens is 202 g/mol. The number of nitrogens with zero attached hydrogens (tertiary/aromatic N) is 1. The summed E-state index contributed by atoms with van der Waals surface area (Å²) >= 11 is 5.54. The Kier molecular flexibility index (Phi) is 3.54. The molecule has 0 amide bonds. The van der Waals surface area contributed by atoms with Crippen LogP contribution >= 0.6 is 11.6 Å². The average Bonchev–Trinajstić information content (AvgIpc) is 2.95. The molecule has 0 N–H and O–H groups in total. The fraction of sp³-hybridized carbons (Fsp3) is 0.600. The van der Waals surface area contributed by atoms with E-state index >= 15 is 0 Å². The van der Waals surface area contributed by atoms with E-state index in [-0.39, 0.29) is 5.88 Å². The Morgan fingerprint density at radius 3 is 2.71 bits per heavy atom. The smallest absolute Gasteiger partial charge is 0.335 e. The lowest BCUT2D eigenvalue weighted by Crippen LogP contribution is -2.16. The molecule has 0 aromatic rings. The highest BCUT2D eigenvalue weighted by molar-refractivity contribution is 6.19. The number of rotatable bonds is 4. The lowest BCUT2D eigenvalue weighted by Gasteiger charge is -2.09. The van der Waals surface area contributed by atoms with Gasteiger partial charge in [0.1, 0.15) is 0 Å². The summed E-state index contributed by atoms with van der Waals surface area (Å²) in [6.07, 6.45) is 3.03. The Morgan fingerprint density at radius 1 is 1.71 bits per heavy atom. The largest absolute Gasteiger partial charge is 0.463 e. The molecule has 3 nitrogen and oxygen atoms in total. The molecule has 1 saturated carbocycles. The van der Waals surface area contributed by atoms with Crippen molar-refractivity contribution in [3.63, 3.8) is 0 Å². The zero-order valence-corrected chi connectivity index (χ0v) is 8.80. The van der Waals surface area contributed by atoms with Crippen LogP contribution in [0.15, 0.2) is 11.6 Å². The molecule has 4 heteroatoms. The molecule has 1 fully saturated rings. The number of carbonyl (C=O) groups is 1. The standard InChI is InChI=1S/C10H12ClNO2/c1-2-14-9(13)8(3-6-11)10(7-12)4-5-10/h3H,2,4-6H2,1H3/b8-3-. The molecule has 0 spiro atoms. The maximum atomic E-state index is 11.5. The number of ether oxygens (including phenoxy) is 1. The van der Waals surface area contributed by atoms with Crippen molar-refractivity contribution in [2.45, 2.75) is 19.8 Å². The summed E-state index contributed by atoms with van der Waals surface area (Å²) in [6, 6.07) is 2.15. The van der Waals surface area contributed by atoms with Gasteiger partial charge in [-0.15, -0.1) is 11.6 Å². The van der Waals surface area contributed by atoms with E-state index in [0.29, 0.717) is 12.2 Å². The number of alkyl halides is 1. The number of carbonyl (C=O) groups excluding carboxylic acids is 1. The first-order valence-electron chi connectivity index (χ1n) is 4.55. The van der Waals surface area contributed by atoms with E-state index in [0.717, 1.165) is 12.8 Å². The van der Waals surface area contributed by atoms with E-state index in [1.54, 1.807) is 13.0 Å². The molecule has 14 heavy (non-hydrogen) atoms.